The predicted molar refractivity (Wildman–Crippen MR) is 115 cm³/mol. The van der Waals surface area contributed by atoms with Crippen LogP contribution in [0.1, 0.15) is 44.6 Å². The lowest BCUT2D eigenvalue weighted by atomic mass is 9.85. The number of halogens is 2. The zero-order valence-electron chi connectivity index (χ0n) is 16.2. The van der Waals surface area contributed by atoms with Crippen molar-refractivity contribution in [2.24, 2.45) is 11.8 Å². The Bertz CT molecular complexity index is 832. The summed E-state index contributed by atoms with van der Waals surface area (Å²) < 4.78 is 0. The number of benzene rings is 1. The fraction of sp³-hybridized carbons (Fsp3) is 0.478. The molecule has 2 heterocycles. The van der Waals surface area contributed by atoms with Gasteiger partial charge in [0.25, 0.3) is 0 Å². The largest absolute Gasteiger partial charge is 0.339 e. The van der Waals surface area contributed by atoms with Crippen LogP contribution in [-0.2, 0) is 11.2 Å². The summed E-state index contributed by atoms with van der Waals surface area (Å²) in [6.45, 7) is 3.15. The number of hydrogen-bond acceptors (Lipinski definition) is 2. The minimum Gasteiger partial charge on any atom is -0.339 e. The van der Waals surface area contributed by atoms with Crippen LogP contribution in [-0.4, -0.2) is 28.4 Å². The Morgan fingerprint density at radius 1 is 1.04 bits per heavy atom. The van der Waals surface area contributed by atoms with E-state index in [-0.39, 0.29) is 11.8 Å². The van der Waals surface area contributed by atoms with Crippen molar-refractivity contribution in [3.8, 4) is 11.1 Å². The quantitative estimate of drug-likeness (QED) is 0.609. The highest BCUT2D eigenvalue weighted by Gasteiger charge is 2.38. The van der Waals surface area contributed by atoms with Crippen LogP contribution in [0.3, 0.4) is 0 Å². The highest BCUT2D eigenvalue weighted by molar-refractivity contribution is 6.36. The molecule has 1 aromatic carbocycles. The summed E-state index contributed by atoms with van der Waals surface area (Å²) in [5.74, 6) is 0.864. The lowest BCUT2D eigenvalue weighted by Crippen LogP contribution is -2.43. The molecule has 1 amide bonds. The van der Waals surface area contributed by atoms with Gasteiger partial charge in [-0.15, -0.1) is 0 Å². The summed E-state index contributed by atoms with van der Waals surface area (Å²) in [4.78, 5) is 19.3. The van der Waals surface area contributed by atoms with E-state index in [1.54, 1.807) is 12.4 Å². The molecule has 148 valence electrons. The third-order valence-electron chi connectivity index (χ3n) is 6.42. The van der Waals surface area contributed by atoms with Crippen LogP contribution in [0.5, 0.6) is 0 Å². The monoisotopic (exact) mass is 416 g/mol. The molecule has 1 aliphatic carbocycles. The molecule has 1 saturated heterocycles. The highest BCUT2D eigenvalue weighted by atomic mass is 35.5. The van der Waals surface area contributed by atoms with Gasteiger partial charge in [-0.25, -0.2) is 0 Å². The van der Waals surface area contributed by atoms with Crippen molar-refractivity contribution in [3.63, 3.8) is 0 Å². The molecule has 2 fully saturated rings. The molecule has 1 unspecified atom stereocenters. The Hall–Kier alpha value is -1.58. The molecule has 2 aliphatic rings. The number of aromatic nitrogens is 1. The summed E-state index contributed by atoms with van der Waals surface area (Å²) in [6.07, 6.45) is 9.91. The molecule has 2 aromatic rings. The molecule has 0 N–H and O–H groups in total. The number of carbonyl (C=O) groups is 1. The zero-order chi connectivity index (χ0) is 19.7. The average molecular weight is 417 g/mol. The second-order valence-electron chi connectivity index (χ2n) is 8.20. The minimum atomic E-state index is -0.0177. The van der Waals surface area contributed by atoms with E-state index in [2.05, 4.69) is 16.8 Å². The fourth-order valence-electron chi connectivity index (χ4n) is 4.80. The number of likely N-dealkylation sites (tertiary alicyclic amines) is 1. The standard InChI is InChI=1S/C23H26Cl2N2O/c1-15-4-2-3-5-22(15)27-11-8-17(23(27)28)12-19-20(24)13-18(14-21(19)25)16-6-9-26-10-7-16/h6-7,9-10,13-15,17,22H,2-5,8,11-12H2,1H3/t15-,17?,22+/m0/s1. The Balaban J connectivity index is 1.51. The minimum absolute atomic E-state index is 0.0177. The van der Waals surface area contributed by atoms with Crippen LogP contribution < -0.4 is 0 Å². The Morgan fingerprint density at radius 3 is 2.39 bits per heavy atom. The molecule has 3 atom stereocenters. The van der Waals surface area contributed by atoms with E-state index in [1.165, 1.54) is 19.3 Å². The van der Waals surface area contributed by atoms with Crippen molar-refractivity contribution in [2.75, 3.05) is 6.54 Å². The lowest BCUT2D eigenvalue weighted by molar-refractivity contribution is -0.134. The number of rotatable bonds is 4. The smallest absolute Gasteiger partial charge is 0.226 e. The maximum absolute atomic E-state index is 13.1. The fourth-order valence-corrected chi connectivity index (χ4v) is 5.44. The molecule has 0 bridgehead atoms. The molecule has 28 heavy (non-hydrogen) atoms. The van der Waals surface area contributed by atoms with Gasteiger partial charge in [0.2, 0.25) is 5.91 Å². The van der Waals surface area contributed by atoms with Crippen LogP contribution in [0.15, 0.2) is 36.7 Å². The Morgan fingerprint density at radius 2 is 1.71 bits per heavy atom. The van der Waals surface area contributed by atoms with Gasteiger partial charge in [-0.2, -0.15) is 0 Å². The molecule has 1 aromatic heterocycles. The van der Waals surface area contributed by atoms with Crippen molar-refractivity contribution >= 4 is 29.1 Å². The Kier molecular flexibility index (Phi) is 5.93. The first kappa shape index (κ1) is 19.7. The third kappa shape index (κ3) is 3.92. The first-order valence-electron chi connectivity index (χ1n) is 10.2. The topological polar surface area (TPSA) is 33.2 Å². The first-order valence-corrected chi connectivity index (χ1v) is 11.0. The van der Waals surface area contributed by atoms with Crippen molar-refractivity contribution in [1.82, 2.24) is 9.88 Å². The summed E-state index contributed by atoms with van der Waals surface area (Å²) >= 11 is 13.2. The van der Waals surface area contributed by atoms with Crippen LogP contribution in [0.25, 0.3) is 11.1 Å². The second kappa shape index (κ2) is 8.42. The number of pyridine rings is 1. The van der Waals surface area contributed by atoms with Crippen LogP contribution >= 0.6 is 23.2 Å². The predicted octanol–water partition coefficient (Wildman–Crippen LogP) is 6.03. The molecule has 1 saturated carbocycles. The summed E-state index contributed by atoms with van der Waals surface area (Å²) in [7, 11) is 0. The normalized spacial score (nSPS) is 25.3. The van der Waals surface area contributed by atoms with Crippen LogP contribution in [0.4, 0.5) is 0 Å². The van der Waals surface area contributed by atoms with Gasteiger partial charge in [0, 0.05) is 40.9 Å². The first-order chi connectivity index (χ1) is 13.5. The van der Waals surface area contributed by atoms with E-state index in [0.717, 1.165) is 36.1 Å². The third-order valence-corrected chi connectivity index (χ3v) is 7.10. The summed E-state index contributed by atoms with van der Waals surface area (Å²) in [5.41, 5.74) is 2.88. The summed E-state index contributed by atoms with van der Waals surface area (Å²) in [5, 5.41) is 1.27. The molecule has 5 heteroatoms. The molecule has 0 spiro atoms. The van der Waals surface area contributed by atoms with E-state index >= 15 is 0 Å². The van der Waals surface area contributed by atoms with Gasteiger partial charge in [0.05, 0.1) is 0 Å². The van der Waals surface area contributed by atoms with E-state index in [4.69, 9.17) is 23.2 Å². The lowest BCUT2D eigenvalue weighted by Gasteiger charge is -2.36. The SMILES string of the molecule is C[C@H]1CCCC[C@H]1N1CCC(Cc2c(Cl)cc(-c3ccncc3)cc2Cl)C1=O. The zero-order valence-corrected chi connectivity index (χ0v) is 17.7. The second-order valence-corrected chi connectivity index (χ2v) is 9.02. The van der Waals surface area contributed by atoms with Gasteiger partial charge in [-0.1, -0.05) is 43.0 Å². The van der Waals surface area contributed by atoms with Crippen molar-refractivity contribution in [2.45, 2.75) is 51.5 Å². The maximum Gasteiger partial charge on any atom is 0.226 e. The van der Waals surface area contributed by atoms with Crippen molar-refractivity contribution < 1.29 is 4.79 Å². The van der Waals surface area contributed by atoms with E-state index < -0.39 is 0 Å². The molecule has 4 rings (SSSR count). The molecular formula is C23H26Cl2N2O. The van der Waals surface area contributed by atoms with Crippen molar-refractivity contribution in [1.29, 1.82) is 0 Å². The molecular weight excluding hydrogens is 391 g/mol. The van der Waals surface area contributed by atoms with Crippen LogP contribution in [0.2, 0.25) is 10.0 Å². The summed E-state index contributed by atoms with van der Waals surface area (Å²) in [6, 6.07) is 8.17. The van der Waals surface area contributed by atoms with Gasteiger partial charge in [-0.3, -0.25) is 9.78 Å². The molecule has 3 nitrogen and oxygen atoms in total. The van der Waals surface area contributed by atoms with Crippen molar-refractivity contribution in [3.05, 3.63) is 52.3 Å². The highest BCUT2D eigenvalue weighted by Crippen LogP contribution is 2.37. The van der Waals surface area contributed by atoms with Gasteiger partial charge in [0.15, 0.2) is 0 Å². The maximum atomic E-state index is 13.1. The van der Waals surface area contributed by atoms with Crippen LogP contribution in [0, 0.1) is 11.8 Å². The molecule has 1 aliphatic heterocycles. The van der Waals surface area contributed by atoms with Gasteiger partial charge in [0.1, 0.15) is 0 Å². The van der Waals surface area contributed by atoms with E-state index in [1.807, 2.05) is 24.3 Å². The number of amides is 1. The van der Waals surface area contributed by atoms with Gasteiger partial charge >= 0.3 is 0 Å². The Labute approximate surface area is 177 Å². The van der Waals surface area contributed by atoms with Gasteiger partial charge < -0.3 is 4.90 Å². The van der Waals surface area contributed by atoms with E-state index in [0.29, 0.717) is 28.4 Å². The average Bonchev–Trinajstić information content (AvgIpc) is 3.06. The number of nitrogens with zero attached hydrogens (tertiary/aromatic N) is 2. The van der Waals surface area contributed by atoms with Gasteiger partial charge in [-0.05, 0) is 72.6 Å². The number of carbonyl (C=O) groups excluding carboxylic acids is 1. The number of hydrogen-bond donors (Lipinski definition) is 0. The van der Waals surface area contributed by atoms with E-state index in [9.17, 15) is 4.79 Å². The molecule has 0 radical (unpaired) electrons.